The number of benzene rings is 2. The summed E-state index contributed by atoms with van der Waals surface area (Å²) in [7, 11) is 0. The molecule has 2 aromatic rings. The average molecular weight is 240 g/mol. The summed E-state index contributed by atoms with van der Waals surface area (Å²) in [6.07, 6.45) is 2.85. The molecule has 0 fully saturated rings. The van der Waals surface area contributed by atoms with E-state index in [1.54, 1.807) is 6.08 Å². The van der Waals surface area contributed by atoms with Crippen molar-refractivity contribution in [1.82, 2.24) is 0 Å². The molecule has 0 nitrogen and oxygen atoms in total. The zero-order chi connectivity index (χ0) is 11.4. The molecule has 3 rings (SSSR count). The van der Waals surface area contributed by atoms with E-state index in [0.29, 0.717) is 0 Å². The molecule has 2 aromatic carbocycles. The van der Waals surface area contributed by atoms with Crippen molar-refractivity contribution in [3.05, 3.63) is 72.3 Å². The summed E-state index contributed by atoms with van der Waals surface area (Å²) in [4.78, 5) is 0. The van der Waals surface area contributed by atoms with Crippen LogP contribution in [0.5, 0.6) is 0 Å². The van der Waals surface area contributed by atoms with Gasteiger partial charge in [-0.2, -0.15) is 0 Å². The third-order valence-electron chi connectivity index (χ3n) is 2.71. The standard InChI is InChI=1S/C13H10.C3H6.H4Si/c1-3-7-12-10(5-1)9-11-6-2-4-8-13(11)12;1-3-2;/h1-8H,9H2;3H,1H2,2H3;1H4. The van der Waals surface area contributed by atoms with E-state index in [2.05, 4.69) is 55.1 Å². The summed E-state index contributed by atoms with van der Waals surface area (Å²) in [5.74, 6) is 0. The first-order chi connectivity index (χ1) is 7.86. The van der Waals surface area contributed by atoms with E-state index in [1.807, 2.05) is 6.92 Å². The highest BCUT2D eigenvalue weighted by Gasteiger charge is 2.15. The van der Waals surface area contributed by atoms with E-state index in [0.717, 1.165) is 6.42 Å². The highest BCUT2D eigenvalue weighted by Crippen LogP contribution is 2.35. The molecule has 0 saturated carbocycles. The van der Waals surface area contributed by atoms with Crippen LogP contribution in [-0.4, -0.2) is 11.0 Å². The second-order valence-corrected chi connectivity index (χ2v) is 3.90. The van der Waals surface area contributed by atoms with Crippen molar-refractivity contribution in [2.75, 3.05) is 0 Å². The Bertz CT molecular complexity index is 457. The Hall–Kier alpha value is -1.60. The van der Waals surface area contributed by atoms with Crippen molar-refractivity contribution in [3.63, 3.8) is 0 Å². The van der Waals surface area contributed by atoms with E-state index in [9.17, 15) is 0 Å². The fourth-order valence-corrected chi connectivity index (χ4v) is 2.08. The lowest BCUT2D eigenvalue weighted by Gasteiger charge is -1.98. The van der Waals surface area contributed by atoms with Crippen LogP contribution in [0.25, 0.3) is 11.1 Å². The van der Waals surface area contributed by atoms with Gasteiger partial charge in [0.15, 0.2) is 0 Å². The second-order valence-electron chi connectivity index (χ2n) is 3.90. The third kappa shape index (κ3) is 2.74. The van der Waals surface area contributed by atoms with Crippen molar-refractivity contribution < 1.29 is 0 Å². The van der Waals surface area contributed by atoms with E-state index < -0.39 is 0 Å². The van der Waals surface area contributed by atoms with Gasteiger partial charge in [-0.05, 0) is 46.6 Å². The van der Waals surface area contributed by atoms with Gasteiger partial charge < -0.3 is 0 Å². The fraction of sp³-hybridized carbons (Fsp3) is 0.125. The van der Waals surface area contributed by atoms with Gasteiger partial charge in [-0.25, -0.2) is 0 Å². The lowest BCUT2D eigenvalue weighted by Crippen LogP contribution is -1.77. The summed E-state index contributed by atoms with van der Waals surface area (Å²) < 4.78 is 0. The minimum absolute atomic E-state index is 0. The van der Waals surface area contributed by atoms with Gasteiger partial charge >= 0.3 is 0 Å². The second kappa shape index (κ2) is 6.21. The van der Waals surface area contributed by atoms with E-state index in [-0.39, 0.29) is 11.0 Å². The van der Waals surface area contributed by atoms with Crippen LogP contribution in [0.2, 0.25) is 0 Å². The quantitative estimate of drug-likeness (QED) is 0.418. The molecule has 17 heavy (non-hydrogen) atoms. The fourth-order valence-electron chi connectivity index (χ4n) is 2.08. The van der Waals surface area contributed by atoms with Crippen molar-refractivity contribution in [3.8, 4) is 11.1 Å². The predicted octanol–water partition coefficient (Wildman–Crippen LogP) is 3.00. The van der Waals surface area contributed by atoms with Crippen LogP contribution >= 0.6 is 0 Å². The lowest BCUT2D eigenvalue weighted by atomic mass is 10.1. The van der Waals surface area contributed by atoms with Crippen LogP contribution in [0, 0.1) is 0 Å². The first kappa shape index (κ1) is 13.5. The van der Waals surface area contributed by atoms with Crippen molar-refractivity contribution >= 4 is 11.0 Å². The zero-order valence-corrected chi connectivity index (χ0v) is 9.61. The van der Waals surface area contributed by atoms with Crippen molar-refractivity contribution in [1.29, 1.82) is 0 Å². The summed E-state index contributed by atoms with van der Waals surface area (Å²) >= 11 is 0. The molecule has 1 aliphatic rings. The smallest absolute Gasteiger partial charge is 0.00135 e. The molecular weight excluding hydrogens is 220 g/mol. The number of rotatable bonds is 0. The number of hydrogen-bond acceptors (Lipinski definition) is 0. The first-order valence-corrected chi connectivity index (χ1v) is 5.60. The van der Waals surface area contributed by atoms with E-state index in [4.69, 9.17) is 0 Å². The summed E-state index contributed by atoms with van der Waals surface area (Å²) in [5, 5.41) is 0. The molecule has 1 aliphatic carbocycles. The van der Waals surface area contributed by atoms with Gasteiger partial charge in [0.1, 0.15) is 0 Å². The summed E-state index contributed by atoms with van der Waals surface area (Å²) in [6, 6.07) is 17.3. The minimum atomic E-state index is 0. The normalized spacial score (nSPS) is 10.2. The molecular formula is C16H20Si. The van der Waals surface area contributed by atoms with Gasteiger partial charge in [-0.3, -0.25) is 0 Å². The molecule has 1 heteroatoms. The monoisotopic (exact) mass is 240 g/mol. The third-order valence-corrected chi connectivity index (χ3v) is 2.71. The van der Waals surface area contributed by atoms with Gasteiger partial charge in [-0.15, -0.1) is 6.58 Å². The maximum Gasteiger partial charge on any atom is -0.00135 e. The predicted molar refractivity (Wildman–Crippen MR) is 81.9 cm³/mol. The molecule has 0 amide bonds. The average Bonchev–Trinajstić information content (AvgIpc) is 2.68. The van der Waals surface area contributed by atoms with Crippen molar-refractivity contribution in [2.24, 2.45) is 0 Å². The minimum Gasteiger partial charge on any atom is -0.103 e. The topological polar surface area (TPSA) is 0 Å². The lowest BCUT2D eigenvalue weighted by molar-refractivity contribution is 1.26. The van der Waals surface area contributed by atoms with Crippen LogP contribution in [0.15, 0.2) is 61.2 Å². The molecule has 0 spiro atoms. The molecule has 0 saturated heterocycles. The summed E-state index contributed by atoms with van der Waals surface area (Å²) in [6.45, 7) is 5.25. The Morgan fingerprint density at radius 2 is 1.24 bits per heavy atom. The molecule has 0 atom stereocenters. The van der Waals surface area contributed by atoms with Crippen LogP contribution in [0.4, 0.5) is 0 Å². The van der Waals surface area contributed by atoms with Crippen LogP contribution in [-0.2, 0) is 6.42 Å². The number of allylic oxidation sites excluding steroid dienone is 1. The van der Waals surface area contributed by atoms with Gasteiger partial charge in [0.2, 0.25) is 0 Å². The molecule has 0 heterocycles. The Morgan fingerprint density at radius 3 is 1.65 bits per heavy atom. The van der Waals surface area contributed by atoms with Crippen LogP contribution in [0.1, 0.15) is 18.1 Å². The maximum atomic E-state index is 3.36. The Kier molecular flexibility index (Phi) is 4.92. The molecule has 0 radical (unpaired) electrons. The van der Waals surface area contributed by atoms with Crippen molar-refractivity contribution in [2.45, 2.75) is 13.3 Å². The van der Waals surface area contributed by atoms with Gasteiger partial charge in [0.05, 0.1) is 0 Å². The largest absolute Gasteiger partial charge is 0.103 e. The van der Waals surface area contributed by atoms with Gasteiger partial charge in [0, 0.05) is 0 Å². The molecule has 88 valence electrons. The maximum absolute atomic E-state index is 3.36. The Morgan fingerprint density at radius 1 is 0.882 bits per heavy atom. The Labute approximate surface area is 108 Å². The first-order valence-electron chi connectivity index (χ1n) is 5.60. The van der Waals surface area contributed by atoms with E-state index >= 15 is 0 Å². The highest BCUT2D eigenvalue weighted by atomic mass is 28.1. The SMILES string of the molecule is C=CC.[SiH4].c1ccc2c(c1)Cc1ccccc1-2. The molecule has 0 bridgehead atoms. The molecule has 0 N–H and O–H groups in total. The molecule has 0 aromatic heterocycles. The van der Waals surface area contributed by atoms with Crippen LogP contribution in [0.3, 0.4) is 0 Å². The zero-order valence-electron chi connectivity index (χ0n) is 9.61. The highest BCUT2D eigenvalue weighted by molar-refractivity contribution is 5.76. The van der Waals surface area contributed by atoms with E-state index in [1.165, 1.54) is 22.3 Å². The molecule has 0 unspecified atom stereocenters. The van der Waals surface area contributed by atoms with Crippen LogP contribution < -0.4 is 0 Å². The molecule has 0 aliphatic heterocycles. The number of fused-ring (bicyclic) bond motifs is 3. The number of hydrogen-bond donors (Lipinski definition) is 0. The Balaban J connectivity index is 0.000000331. The van der Waals surface area contributed by atoms with Gasteiger partial charge in [-0.1, -0.05) is 54.6 Å². The summed E-state index contributed by atoms with van der Waals surface area (Å²) in [5.41, 5.74) is 5.75. The van der Waals surface area contributed by atoms with Gasteiger partial charge in [0.25, 0.3) is 0 Å².